The van der Waals surface area contributed by atoms with E-state index in [1.807, 2.05) is 0 Å². The summed E-state index contributed by atoms with van der Waals surface area (Å²) in [4.78, 5) is 0. The Morgan fingerprint density at radius 1 is 1.64 bits per heavy atom. The van der Waals surface area contributed by atoms with Crippen molar-refractivity contribution in [2.45, 2.75) is 38.6 Å². The Morgan fingerprint density at radius 2 is 2.45 bits per heavy atom. The molecular weight excluding hydrogens is 255 g/mol. The summed E-state index contributed by atoms with van der Waals surface area (Å²) in [6.45, 7) is 2.96. The smallest absolute Gasteiger partial charge is 0.157 e. The molecule has 0 aliphatic carbocycles. The van der Waals surface area contributed by atoms with Crippen LogP contribution in [0.1, 0.15) is 26.2 Å². The van der Waals surface area contributed by atoms with E-state index in [0.717, 1.165) is 17.5 Å². The van der Waals surface area contributed by atoms with Crippen molar-refractivity contribution < 1.29 is 9.47 Å². The lowest BCUT2D eigenvalue weighted by Gasteiger charge is -2.25. The second kappa shape index (κ2) is 5.32. The average molecular weight is 270 g/mol. The molecule has 1 aliphatic rings. The molecule has 0 aromatic heterocycles. The van der Waals surface area contributed by atoms with Crippen LogP contribution in [0.3, 0.4) is 0 Å². The molecule has 1 saturated heterocycles. The molecule has 1 aliphatic heterocycles. The number of ether oxygens (including phenoxy) is 2. The van der Waals surface area contributed by atoms with Gasteiger partial charge in [0, 0.05) is 11.0 Å². The van der Waals surface area contributed by atoms with Gasteiger partial charge in [0.15, 0.2) is 6.29 Å². The van der Waals surface area contributed by atoms with Crippen LogP contribution in [0.15, 0.2) is 0 Å². The molecule has 0 saturated carbocycles. The van der Waals surface area contributed by atoms with Gasteiger partial charge in [0.05, 0.1) is 6.10 Å². The third-order valence-electron chi connectivity index (χ3n) is 1.74. The van der Waals surface area contributed by atoms with Gasteiger partial charge in [0.1, 0.15) is 0 Å². The molecule has 0 spiro atoms. The van der Waals surface area contributed by atoms with Crippen molar-refractivity contribution in [3.63, 3.8) is 0 Å². The summed E-state index contributed by atoms with van der Waals surface area (Å²) in [5, 5.41) is 0. The zero-order valence-corrected chi connectivity index (χ0v) is 9.04. The van der Waals surface area contributed by atoms with Crippen LogP contribution < -0.4 is 0 Å². The molecule has 2 unspecified atom stereocenters. The van der Waals surface area contributed by atoms with Crippen molar-refractivity contribution in [1.29, 1.82) is 0 Å². The number of halogens is 1. The maximum atomic E-state index is 5.61. The molecule has 0 N–H and O–H groups in total. The first-order chi connectivity index (χ1) is 5.33. The molecule has 1 rings (SSSR count). The van der Waals surface area contributed by atoms with E-state index >= 15 is 0 Å². The van der Waals surface area contributed by atoms with Crippen LogP contribution in [-0.2, 0) is 9.47 Å². The van der Waals surface area contributed by atoms with Crippen LogP contribution in [0.2, 0.25) is 0 Å². The van der Waals surface area contributed by atoms with E-state index in [0.29, 0.717) is 6.10 Å². The minimum Gasteiger partial charge on any atom is -0.353 e. The largest absolute Gasteiger partial charge is 0.353 e. The van der Waals surface area contributed by atoms with E-state index < -0.39 is 0 Å². The van der Waals surface area contributed by atoms with Crippen molar-refractivity contribution in [2.75, 3.05) is 11.0 Å². The molecule has 2 atom stereocenters. The number of alkyl halides is 1. The van der Waals surface area contributed by atoms with E-state index in [1.54, 1.807) is 0 Å². The van der Waals surface area contributed by atoms with Crippen LogP contribution in [0.5, 0.6) is 0 Å². The first kappa shape index (κ1) is 9.74. The van der Waals surface area contributed by atoms with Gasteiger partial charge in [-0.15, -0.1) is 0 Å². The third-order valence-corrected chi connectivity index (χ3v) is 2.98. The Balaban J connectivity index is 2.13. The first-order valence-electron chi connectivity index (χ1n) is 4.16. The van der Waals surface area contributed by atoms with Gasteiger partial charge in [-0.3, -0.25) is 0 Å². The molecule has 2 nitrogen and oxygen atoms in total. The lowest BCUT2D eigenvalue weighted by molar-refractivity contribution is -0.179. The molecule has 0 aromatic rings. The molecule has 1 fully saturated rings. The zero-order chi connectivity index (χ0) is 8.10. The summed E-state index contributed by atoms with van der Waals surface area (Å²) in [6, 6.07) is 0. The summed E-state index contributed by atoms with van der Waals surface area (Å²) in [7, 11) is 0. The zero-order valence-electron chi connectivity index (χ0n) is 6.88. The molecule has 66 valence electrons. The standard InChI is InChI=1S/C8H15IO2/c1-7(6-9)11-8-4-2-3-5-10-8/h7-8H,2-6H2,1H3. The lowest BCUT2D eigenvalue weighted by Crippen LogP contribution is -2.27. The van der Waals surface area contributed by atoms with Crippen LogP contribution in [0.25, 0.3) is 0 Å². The minimum absolute atomic E-state index is 0.0773. The van der Waals surface area contributed by atoms with Gasteiger partial charge in [-0.1, -0.05) is 22.6 Å². The highest BCUT2D eigenvalue weighted by Gasteiger charge is 2.16. The highest BCUT2D eigenvalue weighted by Crippen LogP contribution is 2.15. The van der Waals surface area contributed by atoms with Gasteiger partial charge in [-0.25, -0.2) is 0 Å². The molecule has 0 radical (unpaired) electrons. The Labute approximate surface area is 81.8 Å². The number of hydrogen-bond acceptors (Lipinski definition) is 2. The molecule has 0 aromatic carbocycles. The molecule has 11 heavy (non-hydrogen) atoms. The maximum absolute atomic E-state index is 5.61. The Bertz CT molecular complexity index is 102. The van der Waals surface area contributed by atoms with E-state index in [-0.39, 0.29) is 6.29 Å². The van der Waals surface area contributed by atoms with Gasteiger partial charge in [-0.2, -0.15) is 0 Å². The summed E-state index contributed by atoms with van der Waals surface area (Å²) in [6.07, 6.45) is 3.92. The van der Waals surface area contributed by atoms with Crippen molar-refractivity contribution in [1.82, 2.24) is 0 Å². The summed E-state index contributed by atoms with van der Waals surface area (Å²) >= 11 is 2.33. The predicted molar refractivity (Wildman–Crippen MR) is 53.0 cm³/mol. The van der Waals surface area contributed by atoms with Gasteiger partial charge in [0.2, 0.25) is 0 Å². The summed E-state index contributed by atoms with van der Waals surface area (Å²) in [5.41, 5.74) is 0. The second-order valence-electron chi connectivity index (χ2n) is 2.90. The molecule has 0 amide bonds. The normalized spacial score (nSPS) is 28.4. The van der Waals surface area contributed by atoms with Gasteiger partial charge < -0.3 is 9.47 Å². The summed E-state index contributed by atoms with van der Waals surface area (Å²) in [5.74, 6) is 0. The molecule has 1 heterocycles. The van der Waals surface area contributed by atoms with Crippen molar-refractivity contribution in [3.8, 4) is 0 Å². The Hall–Kier alpha value is 0.650. The van der Waals surface area contributed by atoms with Crippen LogP contribution in [0, 0.1) is 0 Å². The van der Waals surface area contributed by atoms with Gasteiger partial charge in [-0.05, 0) is 26.2 Å². The van der Waals surface area contributed by atoms with Gasteiger partial charge in [0.25, 0.3) is 0 Å². The number of rotatable bonds is 3. The lowest BCUT2D eigenvalue weighted by atomic mass is 10.2. The van der Waals surface area contributed by atoms with Gasteiger partial charge >= 0.3 is 0 Å². The fourth-order valence-electron chi connectivity index (χ4n) is 1.11. The monoisotopic (exact) mass is 270 g/mol. The topological polar surface area (TPSA) is 18.5 Å². The van der Waals surface area contributed by atoms with Crippen LogP contribution in [0.4, 0.5) is 0 Å². The SMILES string of the molecule is CC(CI)OC1CCCCO1. The quantitative estimate of drug-likeness (QED) is 0.579. The minimum atomic E-state index is 0.0773. The predicted octanol–water partition coefficient (Wildman–Crippen LogP) is 2.35. The molecule has 0 bridgehead atoms. The van der Waals surface area contributed by atoms with E-state index in [4.69, 9.17) is 9.47 Å². The second-order valence-corrected chi connectivity index (χ2v) is 3.78. The van der Waals surface area contributed by atoms with E-state index in [2.05, 4.69) is 29.5 Å². The highest BCUT2D eigenvalue weighted by molar-refractivity contribution is 14.1. The first-order valence-corrected chi connectivity index (χ1v) is 5.68. The van der Waals surface area contributed by atoms with Crippen molar-refractivity contribution >= 4 is 22.6 Å². The highest BCUT2D eigenvalue weighted by atomic mass is 127. The molecule has 3 heteroatoms. The Kier molecular flexibility index (Phi) is 4.71. The fraction of sp³-hybridized carbons (Fsp3) is 1.00. The van der Waals surface area contributed by atoms with Crippen molar-refractivity contribution in [2.24, 2.45) is 0 Å². The summed E-state index contributed by atoms with van der Waals surface area (Å²) < 4.78 is 12.1. The van der Waals surface area contributed by atoms with E-state index in [1.165, 1.54) is 12.8 Å². The molecular formula is C8H15IO2. The van der Waals surface area contributed by atoms with Crippen molar-refractivity contribution in [3.05, 3.63) is 0 Å². The number of hydrogen-bond donors (Lipinski definition) is 0. The van der Waals surface area contributed by atoms with E-state index in [9.17, 15) is 0 Å². The fourth-order valence-corrected chi connectivity index (χ4v) is 1.32. The van der Waals surface area contributed by atoms with Crippen LogP contribution in [-0.4, -0.2) is 23.4 Å². The third kappa shape index (κ3) is 3.71. The average Bonchev–Trinajstić information content (AvgIpc) is 2.06. The Morgan fingerprint density at radius 3 is 3.00 bits per heavy atom. The maximum Gasteiger partial charge on any atom is 0.157 e. The van der Waals surface area contributed by atoms with Crippen LogP contribution >= 0.6 is 22.6 Å².